The Hall–Kier alpha value is -2.74. The van der Waals surface area contributed by atoms with Crippen molar-refractivity contribution >= 4 is 5.82 Å². The zero-order valence-electron chi connectivity index (χ0n) is 15.1. The van der Waals surface area contributed by atoms with Crippen LogP contribution in [0.4, 0.5) is 5.82 Å². The Morgan fingerprint density at radius 1 is 1.04 bits per heavy atom. The van der Waals surface area contributed by atoms with Gasteiger partial charge in [0.25, 0.3) is 0 Å². The number of aromatic nitrogens is 5. The van der Waals surface area contributed by atoms with Crippen molar-refractivity contribution in [2.24, 2.45) is 0 Å². The van der Waals surface area contributed by atoms with Gasteiger partial charge >= 0.3 is 0 Å². The van der Waals surface area contributed by atoms with E-state index in [1.165, 1.54) is 0 Å². The Labute approximate surface area is 152 Å². The number of nitrogens with zero attached hydrogens (tertiary/aromatic N) is 7. The SMILES string of the molecule is CC(C)c1noc(CN2CCN(c3cccc(-n4cccn4)n3)CC2)n1. The van der Waals surface area contributed by atoms with Gasteiger partial charge in [0.1, 0.15) is 5.82 Å². The summed E-state index contributed by atoms with van der Waals surface area (Å²) in [7, 11) is 0. The largest absolute Gasteiger partial charge is 0.354 e. The van der Waals surface area contributed by atoms with Crippen LogP contribution in [0.1, 0.15) is 31.5 Å². The number of rotatable bonds is 5. The molecule has 0 aromatic carbocycles. The first kappa shape index (κ1) is 16.7. The van der Waals surface area contributed by atoms with Gasteiger partial charge in [-0.25, -0.2) is 9.67 Å². The predicted molar refractivity (Wildman–Crippen MR) is 97.2 cm³/mol. The average Bonchev–Trinajstić information content (AvgIpc) is 3.35. The van der Waals surface area contributed by atoms with Crippen molar-refractivity contribution in [3.8, 4) is 5.82 Å². The molecule has 1 aliphatic rings. The van der Waals surface area contributed by atoms with Gasteiger partial charge in [-0.2, -0.15) is 10.1 Å². The Bertz CT molecular complexity index is 835. The highest BCUT2D eigenvalue weighted by molar-refractivity contribution is 5.43. The first-order valence-electron chi connectivity index (χ1n) is 8.96. The van der Waals surface area contributed by atoms with E-state index in [0.717, 1.165) is 43.6 Å². The molecule has 3 aromatic heterocycles. The molecular weight excluding hydrogens is 330 g/mol. The fourth-order valence-corrected chi connectivity index (χ4v) is 3.01. The van der Waals surface area contributed by atoms with Crippen LogP contribution in [0.3, 0.4) is 0 Å². The molecule has 0 N–H and O–H groups in total. The van der Waals surface area contributed by atoms with Crippen LogP contribution in [-0.2, 0) is 6.54 Å². The number of pyridine rings is 1. The molecular formula is C18H23N7O. The standard InChI is InChI=1S/C18H23N7O/c1-14(2)18-21-17(26-22-18)13-23-9-11-24(12-10-23)15-5-3-6-16(20-15)25-8-4-7-19-25/h3-8,14H,9-13H2,1-2H3. The minimum atomic E-state index is 0.289. The van der Waals surface area contributed by atoms with Crippen LogP contribution >= 0.6 is 0 Å². The van der Waals surface area contributed by atoms with E-state index >= 15 is 0 Å². The molecule has 0 bridgehead atoms. The summed E-state index contributed by atoms with van der Waals surface area (Å²) in [6.07, 6.45) is 3.66. The lowest BCUT2D eigenvalue weighted by molar-refractivity contribution is 0.215. The maximum absolute atomic E-state index is 5.36. The molecule has 0 radical (unpaired) electrons. The number of hydrogen-bond acceptors (Lipinski definition) is 7. The van der Waals surface area contributed by atoms with Gasteiger partial charge in [-0.3, -0.25) is 4.90 Å². The van der Waals surface area contributed by atoms with Crippen LogP contribution in [0.2, 0.25) is 0 Å². The molecule has 1 saturated heterocycles. The second-order valence-corrected chi connectivity index (χ2v) is 6.77. The van der Waals surface area contributed by atoms with Crippen molar-refractivity contribution in [1.29, 1.82) is 0 Å². The third-order valence-corrected chi connectivity index (χ3v) is 4.51. The van der Waals surface area contributed by atoms with Crippen molar-refractivity contribution in [2.75, 3.05) is 31.1 Å². The molecule has 3 aromatic rings. The summed E-state index contributed by atoms with van der Waals surface area (Å²) in [5.41, 5.74) is 0. The third-order valence-electron chi connectivity index (χ3n) is 4.51. The second-order valence-electron chi connectivity index (χ2n) is 6.77. The highest BCUT2D eigenvalue weighted by atomic mass is 16.5. The second kappa shape index (κ2) is 7.25. The molecule has 0 aliphatic carbocycles. The molecule has 1 fully saturated rings. The van der Waals surface area contributed by atoms with Crippen molar-refractivity contribution in [1.82, 2.24) is 29.8 Å². The van der Waals surface area contributed by atoms with E-state index in [1.807, 2.05) is 24.4 Å². The van der Waals surface area contributed by atoms with Gasteiger partial charge in [-0.1, -0.05) is 25.1 Å². The van der Waals surface area contributed by atoms with Crippen LogP contribution in [0.25, 0.3) is 5.82 Å². The van der Waals surface area contributed by atoms with Crippen molar-refractivity contribution in [2.45, 2.75) is 26.3 Å². The molecule has 8 heteroatoms. The van der Waals surface area contributed by atoms with E-state index in [2.05, 4.69) is 45.0 Å². The quantitative estimate of drug-likeness (QED) is 0.695. The molecule has 0 atom stereocenters. The summed E-state index contributed by atoms with van der Waals surface area (Å²) in [6.45, 7) is 8.55. The predicted octanol–water partition coefficient (Wildman–Crippen LogP) is 2.10. The zero-order valence-corrected chi connectivity index (χ0v) is 15.1. The fraction of sp³-hybridized carbons (Fsp3) is 0.444. The smallest absolute Gasteiger partial charge is 0.240 e. The van der Waals surface area contributed by atoms with Gasteiger partial charge in [0.2, 0.25) is 5.89 Å². The van der Waals surface area contributed by atoms with E-state index in [0.29, 0.717) is 12.4 Å². The normalized spacial score (nSPS) is 15.7. The molecule has 4 heterocycles. The van der Waals surface area contributed by atoms with Crippen LogP contribution in [0.15, 0.2) is 41.2 Å². The van der Waals surface area contributed by atoms with E-state index in [1.54, 1.807) is 10.9 Å². The topological polar surface area (TPSA) is 76.1 Å². The molecule has 0 saturated carbocycles. The minimum Gasteiger partial charge on any atom is -0.354 e. The highest BCUT2D eigenvalue weighted by Crippen LogP contribution is 2.17. The maximum Gasteiger partial charge on any atom is 0.240 e. The van der Waals surface area contributed by atoms with Crippen LogP contribution in [0.5, 0.6) is 0 Å². The van der Waals surface area contributed by atoms with Crippen LogP contribution < -0.4 is 4.90 Å². The van der Waals surface area contributed by atoms with Crippen LogP contribution in [-0.4, -0.2) is 56.0 Å². The van der Waals surface area contributed by atoms with E-state index in [9.17, 15) is 0 Å². The number of anilines is 1. The maximum atomic E-state index is 5.36. The van der Waals surface area contributed by atoms with Gasteiger partial charge in [-0.05, 0) is 18.2 Å². The zero-order chi connectivity index (χ0) is 17.9. The van der Waals surface area contributed by atoms with Crippen LogP contribution in [0, 0.1) is 0 Å². The van der Waals surface area contributed by atoms with Gasteiger partial charge in [-0.15, -0.1) is 0 Å². The Kier molecular flexibility index (Phi) is 4.66. The summed E-state index contributed by atoms with van der Waals surface area (Å²) < 4.78 is 7.14. The van der Waals surface area contributed by atoms with Gasteiger partial charge < -0.3 is 9.42 Å². The van der Waals surface area contributed by atoms with Crippen molar-refractivity contribution in [3.05, 3.63) is 48.4 Å². The molecule has 26 heavy (non-hydrogen) atoms. The Morgan fingerprint density at radius 3 is 2.54 bits per heavy atom. The van der Waals surface area contributed by atoms with Gasteiger partial charge in [0.15, 0.2) is 11.6 Å². The van der Waals surface area contributed by atoms with E-state index < -0.39 is 0 Å². The Morgan fingerprint density at radius 2 is 1.85 bits per heavy atom. The van der Waals surface area contributed by atoms with Gasteiger partial charge in [0.05, 0.1) is 6.54 Å². The summed E-state index contributed by atoms with van der Waals surface area (Å²) in [4.78, 5) is 13.8. The lowest BCUT2D eigenvalue weighted by Crippen LogP contribution is -2.46. The summed E-state index contributed by atoms with van der Waals surface area (Å²) in [5, 5.41) is 8.29. The molecule has 4 rings (SSSR count). The number of hydrogen-bond donors (Lipinski definition) is 0. The highest BCUT2D eigenvalue weighted by Gasteiger charge is 2.21. The van der Waals surface area contributed by atoms with Gasteiger partial charge in [0, 0.05) is 44.5 Å². The minimum absolute atomic E-state index is 0.289. The lowest BCUT2D eigenvalue weighted by atomic mass is 10.2. The van der Waals surface area contributed by atoms with E-state index in [-0.39, 0.29) is 5.92 Å². The molecule has 0 amide bonds. The monoisotopic (exact) mass is 353 g/mol. The third kappa shape index (κ3) is 3.60. The van der Waals surface area contributed by atoms with Crippen molar-refractivity contribution < 1.29 is 4.52 Å². The fourth-order valence-electron chi connectivity index (χ4n) is 3.01. The summed E-state index contributed by atoms with van der Waals surface area (Å²) in [6, 6.07) is 7.94. The molecule has 8 nitrogen and oxygen atoms in total. The molecule has 1 aliphatic heterocycles. The lowest BCUT2D eigenvalue weighted by Gasteiger charge is -2.34. The molecule has 0 unspecified atom stereocenters. The Balaban J connectivity index is 1.37. The average molecular weight is 353 g/mol. The summed E-state index contributed by atoms with van der Waals surface area (Å²) >= 11 is 0. The molecule has 0 spiro atoms. The number of piperazine rings is 1. The van der Waals surface area contributed by atoms with Crippen molar-refractivity contribution in [3.63, 3.8) is 0 Å². The van der Waals surface area contributed by atoms with E-state index in [4.69, 9.17) is 9.51 Å². The first-order chi connectivity index (χ1) is 12.7. The summed E-state index contributed by atoms with van der Waals surface area (Å²) in [5.74, 6) is 3.58. The molecule has 136 valence electrons. The first-order valence-corrected chi connectivity index (χ1v) is 8.96.